The number of pyridine rings is 1. The number of unbranched alkanes of at least 4 members (excludes halogenated alkanes) is 2. The second-order valence-electron chi connectivity index (χ2n) is 10.6. The van der Waals surface area contributed by atoms with E-state index in [1.165, 1.54) is 6.07 Å². The van der Waals surface area contributed by atoms with Gasteiger partial charge in [0.05, 0.1) is 4.51 Å². The molecule has 1 nitrogen and oxygen atoms in total. The molecule has 41 heavy (non-hydrogen) atoms. The maximum Gasteiger partial charge on any atom is 0.360 e. The van der Waals surface area contributed by atoms with Crippen molar-refractivity contribution in [1.29, 1.82) is 0 Å². The molecule has 0 radical (unpaired) electrons. The average molecular weight is 620 g/mol. The SMILES string of the molecule is CCCCC#CCCC(F)(F)C(F)(F)Sc1ccc(-c2cn(CC(C)Cl)cc(-c3ccccc3)c2=S)c(C2CC2)c1. The molecule has 0 N–H and O–H groups in total. The van der Waals surface area contributed by atoms with E-state index in [-0.39, 0.29) is 34.4 Å². The van der Waals surface area contributed by atoms with E-state index >= 15 is 0 Å². The molecule has 1 saturated carbocycles. The van der Waals surface area contributed by atoms with Gasteiger partial charge in [0, 0.05) is 59.6 Å². The molecule has 0 bridgehead atoms. The quantitative estimate of drug-likeness (QED) is 0.0496. The Morgan fingerprint density at radius 3 is 2.34 bits per heavy atom. The van der Waals surface area contributed by atoms with E-state index in [4.69, 9.17) is 23.8 Å². The second kappa shape index (κ2) is 13.8. The van der Waals surface area contributed by atoms with Crippen molar-refractivity contribution in [2.45, 2.75) is 92.7 Å². The van der Waals surface area contributed by atoms with Crippen LogP contribution in [0.25, 0.3) is 22.3 Å². The van der Waals surface area contributed by atoms with Crippen molar-refractivity contribution in [1.82, 2.24) is 4.57 Å². The van der Waals surface area contributed by atoms with Crippen molar-refractivity contribution in [2.24, 2.45) is 0 Å². The monoisotopic (exact) mass is 619 g/mol. The molecule has 1 aliphatic rings. The van der Waals surface area contributed by atoms with Crippen LogP contribution in [0.2, 0.25) is 0 Å². The fourth-order valence-corrected chi connectivity index (χ4v) is 6.02. The normalized spacial score (nSPS) is 14.4. The third-order valence-electron chi connectivity index (χ3n) is 6.97. The number of hydrogen-bond donors (Lipinski definition) is 0. The van der Waals surface area contributed by atoms with Gasteiger partial charge in [-0.3, -0.25) is 0 Å². The van der Waals surface area contributed by atoms with Gasteiger partial charge in [-0.25, -0.2) is 0 Å². The van der Waals surface area contributed by atoms with Crippen LogP contribution in [-0.4, -0.2) is 21.1 Å². The number of benzene rings is 2. The number of nitrogens with zero attached hydrogens (tertiary/aromatic N) is 1. The summed E-state index contributed by atoms with van der Waals surface area (Å²) in [5.74, 6) is 1.40. The highest BCUT2D eigenvalue weighted by atomic mass is 35.5. The Balaban J connectivity index is 1.66. The summed E-state index contributed by atoms with van der Waals surface area (Å²) in [5, 5.41) is -4.39. The van der Waals surface area contributed by atoms with Gasteiger partial charge in [0.25, 0.3) is 0 Å². The summed E-state index contributed by atoms with van der Waals surface area (Å²) >= 11 is 12.2. The molecular weight excluding hydrogens is 586 g/mol. The summed E-state index contributed by atoms with van der Waals surface area (Å²) in [4.78, 5) is 0.113. The lowest BCUT2D eigenvalue weighted by atomic mass is 9.95. The zero-order chi connectivity index (χ0) is 29.6. The van der Waals surface area contributed by atoms with Gasteiger partial charge in [0.1, 0.15) is 0 Å². The van der Waals surface area contributed by atoms with Crippen LogP contribution >= 0.6 is 35.6 Å². The third kappa shape index (κ3) is 8.18. The van der Waals surface area contributed by atoms with Crippen LogP contribution < -0.4 is 0 Å². The number of thioether (sulfide) groups is 1. The van der Waals surface area contributed by atoms with Crippen molar-refractivity contribution in [3.8, 4) is 34.1 Å². The molecule has 218 valence electrons. The highest BCUT2D eigenvalue weighted by molar-refractivity contribution is 8.00. The number of alkyl halides is 5. The summed E-state index contributed by atoms with van der Waals surface area (Å²) in [6.45, 7) is 4.47. The van der Waals surface area contributed by atoms with Crippen molar-refractivity contribution in [3.63, 3.8) is 0 Å². The van der Waals surface area contributed by atoms with Crippen LogP contribution in [0.5, 0.6) is 0 Å². The Labute approximate surface area is 254 Å². The first-order valence-electron chi connectivity index (χ1n) is 14.0. The second-order valence-corrected chi connectivity index (χ2v) is 12.9. The fourth-order valence-electron chi connectivity index (χ4n) is 4.65. The van der Waals surface area contributed by atoms with E-state index in [1.807, 2.05) is 61.1 Å². The highest BCUT2D eigenvalue weighted by Crippen LogP contribution is 2.51. The Hall–Kier alpha value is -2.27. The maximum absolute atomic E-state index is 14.9. The van der Waals surface area contributed by atoms with Crippen molar-refractivity contribution < 1.29 is 17.6 Å². The van der Waals surface area contributed by atoms with Crippen LogP contribution in [0.3, 0.4) is 0 Å². The van der Waals surface area contributed by atoms with Crippen molar-refractivity contribution in [2.75, 3.05) is 0 Å². The minimum absolute atomic E-state index is 0.0764. The smallest absolute Gasteiger partial charge is 0.351 e. The standard InChI is InChI=1S/C33H34ClF4NS2/c1-3-4-5-6-7-11-18-32(35,36)33(37,38)41-26-16-17-27(28(19-26)25-14-15-25)30-22-39(20-23(2)34)21-29(31(30)40)24-12-9-8-10-13-24/h8-10,12-13,16-17,19,21-23,25H,3-5,11,14-15,18,20H2,1-2H3. The van der Waals surface area contributed by atoms with E-state index < -0.39 is 17.6 Å². The number of rotatable bonds is 12. The highest BCUT2D eigenvalue weighted by Gasteiger charge is 2.56. The molecule has 0 amide bonds. The van der Waals surface area contributed by atoms with E-state index in [2.05, 4.69) is 11.8 Å². The first-order valence-corrected chi connectivity index (χ1v) is 15.7. The lowest BCUT2D eigenvalue weighted by Gasteiger charge is -2.26. The summed E-state index contributed by atoms with van der Waals surface area (Å²) in [6.07, 6.45) is 6.91. The van der Waals surface area contributed by atoms with Gasteiger partial charge in [-0.1, -0.05) is 62.0 Å². The molecule has 1 fully saturated rings. The lowest BCUT2D eigenvalue weighted by Crippen LogP contribution is -2.37. The third-order valence-corrected chi connectivity index (χ3v) is 8.60. The van der Waals surface area contributed by atoms with Crippen LogP contribution in [0.1, 0.15) is 70.3 Å². The van der Waals surface area contributed by atoms with E-state index in [1.54, 1.807) is 12.1 Å². The largest absolute Gasteiger partial charge is 0.360 e. The van der Waals surface area contributed by atoms with Crippen LogP contribution in [0, 0.1) is 16.4 Å². The Morgan fingerprint density at radius 2 is 1.68 bits per heavy atom. The van der Waals surface area contributed by atoms with Gasteiger partial charge in [-0.2, -0.15) is 17.6 Å². The number of aromatic nitrogens is 1. The summed E-state index contributed by atoms with van der Waals surface area (Å²) in [7, 11) is 0. The number of hydrogen-bond acceptors (Lipinski definition) is 2. The van der Waals surface area contributed by atoms with E-state index in [0.29, 0.717) is 17.5 Å². The molecule has 4 rings (SSSR count). The Morgan fingerprint density at radius 1 is 1.00 bits per heavy atom. The molecule has 1 heterocycles. The Bertz CT molecular complexity index is 1450. The van der Waals surface area contributed by atoms with Gasteiger partial charge >= 0.3 is 11.2 Å². The lowest BCUT2D eigenvalue weighted by molar-refractivity contribution is -0.154. The first kappa shape index (κ1) is 31.7. The average Bonchev–Trinajstić information content (AvgIpc) is 3.77. The van der Waals surface area contributed by atoms with E-state index in [9.17, 15) is 17.6 Å². The van der Waals surface area contributed by atoms with Crippen LogP contribution in [0.15, 0.2) is 65.8 Å². The predicted octanol–water partition coefficient (Wildman–Crippen LogP) is 11.4. The molecule has 1 atom stereocenters. The molecular formula is C33H34ClF4NS2. The summed E-state index contributed by atoms with van der Waals surface area (Å²) < 4.78 is 61.7. The molecule has 1 aromatic heterocycles. The van der Waals surface area contributed by atoms with E-state index in [0.717, 1.165) is 53.5 Å². The molecule has 3 aromatic rings. The van der Waals surface area contributed by atoms with Gasteiger partial charge < -0.3 is 4.57 Å². The summed E-state index contributed by atoms with van der Waals surface area (Å²) in [6, 6.07) is 14.7. The molecule has 1 unspecified atom stereocenters. The topological polar surface area (TPSA) is 4.93 Å². The van der Waals surface area contributed by atoms with Gasteiger partial charge in [0.2, 0.25) is 0 Å². The molecule has 0 saturated heterocycles. The fraction of sp³-hybridized carbons (Fsp3) is 0.424. The van der Waals surface area contributed by atoms with Crippen LogP contribution in [-0.2, 0) is 6.54 Å². The maximum atomic E-state index is 14.9. The van der Waals surface area contributed by atoms with Gasteiger partial charge in [-0.05, 0) is 72.7 Å². The molecule has 1 aliphatic carbocycles. The predicted molar refractivity (Wildman–Crippen MR) is 166 cm³/mol. The van der Waals surface area contributed by atoms with Crippen molar-refractivity contribution in [3.05, 3.63) is 71.0 Å². The van der Waals surface area contributed by atoms with Gasteiger partial charge in [0.15, 0.2) is 0 Å². The van der Waals surface area contributed by atoms with Crippen LogP contribution in [0.4, 0.5) is 17.6 Å². The minimum atomic E-state index is -4.27. The summed E-state index contributed by atoms with van der Waals surface area (Å²) in [5.41, 5.74) is 4.34. The molecule has 8 heteroatoms. The first-order chi connectivity index (χ1) is 19.5. The molecule has 0 aliphatic heterocycles. The zero-order valence-electron chi connectivity index (χ0n) is 23.2. The van der Waals surface area contributed by atoms with Crippen molar-refractivity contribution >= 4 is 35.6 Å². The molecule has 2 aromatic carbocycles. The van der Waals surface area contributed by atoms with Gasteiger partial charge in [-0.15, -0.1) is 23.4 Å². The number of halogens is 5. The molecule has 0 spiro atoms. The minimum Gasteiger partial charge on any atom is -0.351 e. The Kier molecular flexibility index (Phi) is 10.7. The zero-order valence-corrected chi connectivity index (χ0v) is 25.6.